The number of nitrogens with two attached hydrogens (primary N) is 1. The SMILES string of the molecule is Cn1cncc1C(NN)c1cc2cccc(Cl)c2o1. The highest BCUT2D eigenvalue weighted by molar-refractivity contribution is 6.34. The predicted molar refractivity (Wildman–Crippen MR) is 73.6 cm³/mol. The molecule has 1 aromatic carbocycles. The van der Waals surface area contributed by atoms with Crippen LogP contribution in [0.25, 0.3) is 11.0 Å². The number of nitrogens with one attached hydrogen (secondary N) is 1. The quantitative estimate of drug-likeness (QED) is 0.569. The maximum Gasteiger partial charge on any atom is 0.152 e. The van der Waals surface area contributed by atoms with Gasteiger partial charge in [0.25, 0.3) is 0 Å². The van der Waals surface area contributed by atoms with Crippen molar-refractivity contribution in [2.75, 3.05) is 0 Å². The lowest BCUT2D eigenvalue weighted by molar-refractivity contribution is 0.464. The maximum absolute atomic E-state index is 6.11. The Morgan fingerprint density at radius 2 is 2.32 bits per heavy atom. The molecule has 98 valence electrons. The van der Waals surface area contributed by atoms with Crippen LogP contribution in [0.5, 0.6) is 0 Å². The highest BCUT2D eigenvalue weighted by Gasteiger charge is 2.20. The number of hydrogen-bond donors (Lipinski definition) is 2. The summed E-state index contributed by atoms with van der Waals surface area (Å²) in [5.41, 5.74) is 4.33. The average molecular weight is 277 g/mol. The van der Waals surface area contributed by atoms with Crippen LogP contribution >= 0.6 is 11.6 Å². The number of furan rings is 1. The van der Waals surface area contributed by atoms with Gasteiger partial charge in [0, 0.05) is 12.4 Å². The molecule has 0 radical (unpaired) electrons. The van der Waals surface area contributed by atoms with Gasteiger partial charge < -0.3 is 8.98 Å². The van der Waals surface area contributed by atoms with Crippen molar-refractivity contribution < 1.29 is 4.42 Å². The minimum absolute atomic E-state index is 0.268. The smallest absolute Gasteiger partial charge is 0.152 e. The summed E-state index contributed by atoms with van der Waals surface area (Å²) in [6, 6.07) is 7.30. The number of imidazole rings is 1. The zero-order chi connectivity index (χ0) is 13.4. The summed E-state index contributed by atoms with van der Waals surface area (Å²) in [6.07, 6.45) is 3.47. The van der Waals surface area contributed by atoms with E-state index in [1.54, 1.807) is 18.6 Å². The van der Waals surface area contributed by atoms with Crippen molar-refractivity contribution >= 4 is 22.6 Å². The molecule has 3 N–H and O–H groups in total. The number of fused-ring (bicyclic) bond motifs is 1. The largest absolute Gasteiger partial charge is 0.457 e. The minimum Gasteiger partial charge on any atom is -0.457 e. The summed E-state index contributed by atoms with van der Waals surface area (Å²) in [7, 11) is 1.91. The molecule has 0 amide bonds. The van der Waals surface area contributed by atoms with E-state index in [0.717, 1.165) is 11.1 Å². The Morgan fingerprint density at radius 3 is 2.95 bits per heavy atom. The molecule has 2 heterocycles. The van der Waals surface area contributed by atoms with Crippen molar-refractivity contribution in [3.63, 3.8) is 0 Å². The van der Waals surface area contributed by atoms with Crippen LogP contribution in [0, 0.1) is 0 Å². The van der Waals surface area contributed by atoms with Crippen molar-refractivity contribution in [2.24, 2.45) is 12.9 Å². The Balaban J connectivity index is 2.12. The van der Waals surface area contributed by atoms with Gasteiger partial charge >= 0.3 is 0 Å². The summed E-state index contributed by atoms with van der Waals surface area (Å²) >= 11 is 6.11. The van der Waals surface area contributed by atoms with Gasteiger partial charge in [0.05, 0.1) is 23.2 Å². The Bertz CT molecular complexity index is 718. The molecule has 3 rings (SSSR count). The fourth-order valence-electron chi connectivity index (χ4n) is 2.15. The molecule has 0 bridgehead atoms. The number of rotatable bonds is 3. The van der Waals surface area contributed by atoms with Gasteiger partial charge in [-0.3, -0.25) is 5.84 Å². The van der Waals surface area contributed by atoms with Crippen LogP contribution in [0.15, 0.2) is 41.2 Å². The molecule has 3 aromatic rings. The highest BCUT2D eigenvalue weighted by atomic mass is 35.5. The van der Waals surface area contributed by atoms with E-state index in [1.165, 1.54) is 0 Å². The maximum atomic E-state index is 6.11. The van der Waals surface area contributed by atoms with Crippen molar-refractivity contribution in [2.45, 2.75) is 6.04 Å². The normalized spacial score (nSPS) is 13.0. The molecule has 6 heteroatoms. The summed E-state index contributed by atoms with van der Waals surface area (Å²) in [5, 5.41) is 1.54. The molecule has 0 spiro atoms. The monoisotopic (exact) mass is 276 g/mol. The van der Waals surface area contributed by atoms with E-state index in [-0.39, 0.29) is 6.04 Å². The predicted octanol–water partition coefficient (Wildman–Crippen LogP) is 2.37. The molecular formula is C13H13ClN4O. The van der Waals surface area contributed by atoms with Gasteiger partial charge in [-0.2, -0.15) is 0 Å². The van der Waals surface area contributed by atoms with Gasteiger partial charge in [-0.25, -0.2) is 10.4 Å². The third-order valence-corrected chi connectivity index (χ3v) is 3.41. The molecular weight excluding hydrogens is 264 g/mol. The van der Waals surface area contributed by atoms with E-state index >= 15 is 0 Å². The topological polar surface area (TPSA) is 69.0 Å². The molecule has 5 nitrogen and oxygen atoms in total. The zero-order valence-corrected chi connectivity index (χ0v) is 11.1. The first-order chi connectivity index (χ1) is 9.20. The molecule has 19 heavy (non-hydrogen) atoms. The van der Waals surface area contributed by atoms with Crippen molar-refractivity contribution in [1.82, 2.24) is 15.0 Å². The first-order valence-corrected chi connectivity index (χ1v) is 6.19. The molecule has 2 aromatic heterocycles. The molecule has 0 aliphatic rings. The second-order valence-electron chi connectivity index (χ2n) is 4.34. The van der Waals surface area contributed by atoms with Crippen molar-refractivity contribution in [3.8, 4) is 0 Å². The molecule has 1 atom stereocenters. The molecule has 0 fully saturated rings. The molecule has 1 unspecified atom stereocenters. The Morgan fingerprint density at radius 1 is 1.47 bits per heavy atom. The van der Waals surface area contributed by atoms with E-state index in [9.17, 15) is 0 Å². The number of halogens is 1. The molecule has 0 saturated carbocycles. The van der Waals surface area contributed by atoms with Crippen molar-refractivity contribution in [1.29, 1.82) is 0 Å². The van der Waals surface area contributed by atoms with Gasteiger partial charge in [0.2, 0.25) is 0 Å². The van der Waals surface area contributed by atoms with Gasteiger partial charge in [0.15, 0.2) is 5.58 Å². The van der Waals surface area contributed by atoms with Crippen LogP contribution in [0.1, 0.15) is 17.5 Å². The van der Waals surface area contributed by atoms with Crippen LogP contribution in [-0.2, 0) is 7.05 Å². The third-order valence-electron chi connectivity index (χ3n) is 3.12. The lowest BCUT2D eigenvalue weighted by Crippen LogP contribution is -2.29. The van der Waals surface area contributed by atoms with Crippen LogP contribution in [-0.4, -0.2) is 9.55 Å². The minimum atomic E-state index is -0.268. The second-order valence-corrected chi connectivity index (χ2v) is 4.74. The summed E-state index contributed by atoms with van der Waals surface area (Å²) < 4.78 is 7.70. The molecule has 0 aliphatic carbocycles. The van der Waals surface area contributed by atoms with E-state index in [2.05, 4.69) is 10.4 Å². The number of aryl methyl sites for hydroxylation is 1. The number of benzene rings is 1. The van der Waals surface area contributed by atoms with Crippen LogP contribution < -0.4 is 11.3 Å². The van der Waals surface area contributed by atoms with Gasteiger partial charge in [0.1, 0.15) is 11.8 Å². The summed E-state index contributed by atoms with van der Waals surface area (Å²) in [6.45, 7) is 0. The number of aromatic nitrogens is 2. The first kappa shape index (κ1) is 12.2. The van der Waals surface area contributed by atoms with E-state index in [1.807, 2.05) is 29.8 Å². The molecule has 0 aliphatic heterocycles. The standard InChI is InChI=1S/C13H13ClN4O/c1-18-7-16-6-10(18)12(17-15)11-5-8-3-2-4-9(14)13(8)19-11/h2-7,12,17H,15H2,1H3. The summed E-state index contributed by atoms with van der Waals surface area (Å²) in [5.74, 6) is 6.34. The third kappa shape index (κ3) is 2.02. The Labute approximate surface area is 114 Å². The summed E-state index contributed by atoms with van der Waals surface area (Å²) in [4.78, 5) is 4.09. The Kier molecular flexibility index (Phi) is 3.02. The zero-order valence-electron chi connectivity index (χ0n) is 10.3. The highest BCUT2D eigenvalue weighted by Crippen LogP contribution is 2.31. The number of para-hydroxylation sites is 1. The average Bonchev–Trinajstić information content (AvgIpc) is 2.99. The number of hydrogen-bond acceptors (Lipinski definition) is 4. The lowest BCUT2D eigenvalue weighted by atomic mass is 10.1. The fourth-order valence-corrected chi connectivity index (χ4v) is 2.37. The first-order valence-electron chi connectivity index (χ1n) is 5.81. The van der Waals surface area contributed by atoms with E-state index in [0.29, 0.717) is 16.4 Å². The lowest BCUT2D eigenvalue weighted by Gasteiger charge is -2.13. The fraction of sp³-hybridized carbons (Fsp3) is 0.154. The van der Waals surface area contributed by atoms with Gasteiger partial charge in [-0.1, -0.05) is 23.7 Å². The van der Waals surface area contributed by atoms with Gasteiger partial charge in [-0.15, -0.1) is 0 Å². The number of nitrogens with zero attached hydrogens (tertiary/aromatic N) is 2. The van der Waals surface area contributed by atoms with Crippen molar-refractivity contribution in [3.05, 3.63) is 53.3 Å². The molecule has 0 saturated heterocycles. The van der Waals surface area contributed by atoms with Crippen LogP contribution in [0.2, 0.25) is 5.02 Å². The van der Waals surface area contributed by atoms with Crippen LogP contribution in [0.3, 0.4) is 0 Å². The van der Waals surface area contributed by atoms with Crippen LogP contribution in [0.4, 0.5) is 0 Å². The van der Waals surface area contributed by atoms with Gasteiger partial charge in [-0.05, 0) is 12.1 Å². The van der Waals surface area contributed by atoms with E-state index in [4.69, 9.17) is 21.9 Å². The number of hydrazine groups is 1. The second kappa shape index (κ2) is 4.70. The van der Waals surface area contributed by atoms with E-state index < -0.39 is 0 Å². The Hall–Kier alpha value is -1.82.